The third kappa shape index (κ3) is 1.66. The van der Waals surface area contributed by atoms with E-state index in [1.807, 2.05) is 0 Å². The van der Waals surface area contributed by atoms with E-state index in [2.05, 4.69) is 10.3 Å². The second-order valence-corrected chi connectivity index (χ2v) is 2.30. The molecule has 0 aliphatic carbocycles. The van der Waals surface area contributed by atoms with Gasteiger partial charge in [-0.05, 0) is 0 Å². The summed E-state index contributed by atoms with van der Waals surface area (Å²) in [6.07, 6.45) is 1.30. The molecule has 0 saturated carbocycles. The van der Waals surface area contributed by atoms with Crippen LogP contribution in [0.25, 0.3) is 0 Å². The van der Waals surface area contributed by atoms with Crippen LogP contribution in [0.4, 0.5) is 0 Å². The number of carbonyl (C=O) groups excluding carboxylic acids is 2. The standard InChI is InChI=1S/C6H8N4O2/c1-4(11)5-2-8-9-10(5)3-6(7)12/h2H,3H2,1H3,(H2,7,12). The third-order valence-electron chi connectivity index (χ3n) is 1.28. The molecule has 0 unspecified atom stereocenters. The molecule has 64 valence electrons. The van der Waals surface area contributed by atoms with Gasteiger partial charge >= 0.3 is 0 Å². The number of ketones is 1. The molecule has 0 radical (unpaired) electrons. The van der Waals surface area contributed by atoms with Crippen molar-refractivity contribution in [1.82, 2.24) is 15.0 Å². The summed E-state index contributed by atoms with van der Waals surface area (Å²) in [6, 6.07) is 0. The van der Waals surface area contributed by atoms with Crippen molar-refractivity contribution in [3.63, 3.8) is 0 Å². The van der Waals surface area contributed by atoms with Crippen molar-refractivity contribution in [1.29, 1.82) is 0 Å². The Balaban J connectivity index is 2.91. The molecule has 0 saturated heterocycles. The fourth-order valence-electron chi connectivity index (χ4n) is 0.795. The van der Waals surface area contributed by atoms with E-state index in [0.29, 0.717) is 0 Å². The van der Waals surface area contributed by atoms with Crippen LogP contribution >= 0.6 is 0 Å². The summed E-state index contributed by atoms with van der Waals surface area (Å²) in [5.74, 6) is -0.746. The van der Waals surface area contributed by atoms with Crippen LogP contribution in [0.1, 0.15) is 17.4 Å². The van der Waals surface area contributed by atoms with Gasteiger partial charge < -0.3 is 5.73 Å². The molecule has 0 atom stereocenters. The Bertz CT molecular complexity index is 317. The second-order valence-electron chi connectivity index (χ2n) is 2.30. The molecule has 1 aromatic rings. The molecule has 0 fully saturated rings. The third-order valence-corrected chi connectivity index (χ3v) is 1.28. The molecule has 6 nitrogen and oxygen atoms in total. The van der Waals surface area contributed by atoms with E-state index >= 15 is 0 Å². The van der Waals surface area contributed by atoms with Crippen molar-refractivity contribution in [3.05, 3.63) is 11.9 Å². The number of amides is 1. The van der Waals surface area contributed by atoms with E-state index in [1.165, 1.54) is 17.8 Å². The minimum atomic E-state index is -0.553. The first-order chi connectivity index (χ1) is 5.61. The molecule has 1 aromatic heterocycles. The molecule has 0 aliphatic heterocycles. The van der Waals surface area contributed by atoms with Crippen molar-refractivity contribution in [2.75, 3.05) is 0 Å². The van der Waals surface area contributed by atoms with Gasteiger partial charge in [0.25, 0.3) is 0 Å². The van der Waals surface area contributed by atoms with Gasteiger partial charge in [0.05, 0.1) is 6.20 Å². The number of Topliss-reactive ketones (excluding diaryl/α,β-unsaturated/α-hetero) is 1. The van der Waals surface area contributed by atoms with Crippen LogP contribution in [0.2, 0.25) is 0 Å². The van der Waals surface area contributed by atoms with Gasteiger partial charge in [0.1, 0.15) is 12.2 Å². The van der Waals surface area contributed by atoms with E-state index in [4.69, 9.17) is 5.73 Å². The topological polar surface area (TPSA) is 90.9 Å². The Morgan fingerprint density at radius 3 is 2.83 bits per heavy atom. The van der Waals surface area contributed by atoms with Crippen molar-refractivity contribution in [2.24, 2.45) is 5.73 Å². The number of hydrogen-bond donors (Lipinski definition) is 1. The smallest absolute Gasteiger partial charge is 0.239 e. The van der Waals surface area contributed by atoms with Crippen molar-refractivity contribution in [2.45, 2.75) is 13.5 Å². The largest absolute Gasteiger partial charge is 0.368 e. The molecule has 0 bridgehead atoms. The zero-order valence-corrected chi connectivity index (χ0v) is 6.52. The van der Waals surface area contributed by atoms with E-state index in [-0.39, 0.29) is 18.0 Å². The van der Waals surface area contributed by atoms with Gasteiger partial charge in [-0.2, -0.15) is 0 Å². The summed E-state index contributed by atoms with van der Waals surface area (Å²) in [5, 5.41) is 7.00. The summed E-state index contributed by atoms with van der Waals surface area (Å²) in [5.41, 5.74) is 5.20. The molecule has 0 aromatic carbocycles. The zero-order chi connectivity index (χ0) is 9.14. The fourth-order valence-corrected chi connectivity index (χ4v) is 0.795. The van der Waals surface area contributed by atoms with E-state index in [1.54, 1.807) is 0 Å². The van der Waals surface area contributed by atoms with Crippen molar-refractivity contribution >= 4 is 11.7 Å². The summed E-state index contributed by atoms with van der Waals surface area (Å²) >= 11 is 0. The molecular formula is C6H8N4O2. The molecule has 2 N–H and O–H groups in total. The number of hydrogen-bond acceptors (Lipinski definition) is 4. The lowest BCUT2D eigenvalue weighted by atomic mass is 10.3. The maximum atomic E-state index is 10.9. The van der Waals surface area contributed by atoms with Crippen LogP contribution in [0, 0.1) is 0 Å². The molecule has 0 aliphatic rings. The van der Waals surface area contributed by atoms with E-state index in [0.717, 1.165) is 0 Å². The van der Waals surface area contributed by atoms with Gasteiger partial charge in [0.2, 0.25) is 5.91 Å². The van der Waals surface area contributed by atoms with Crippen LogP contribution in [0.5, 0.6) is 0 Å². The maximum absolute atomic E-state index is 10.9. The van der Waals surface area contributed by atoms with Crippen LogP contribution in [-0.4, -0.2) is 26.7 Å². The van der Waals surface area contributed by atoms with Crippen LogP contribution in [-0.2, 0) is 11.3 Å². The average molecular weight is 168 g/mol. The number of aromatic nitrogens is 3. The zero-order valence-electron chi connectivity index (χ0n) is 6.52. The summed E-state index contributed by atoms with van der Waals surface area (Å²) in [7, 11) is 0. The molecule has 1 amide bonds. The number of nitrogens with zero attached hydrogens (tertiary/aromatic N) is 3. The highest BCUT2D eigenvalue weighted by atomic mass is 16.1. The Kier molecular flexibility index (Phi) is 2.18. The first-order valence-corrected chi connectivity index (χ1v) is 3.29. The molecule has 1 heterocycles. The van der Waals surface area contributed by atoms with Gasteiger partial charge in [-0.25, -0.2) is 4.68 Å². The summed E-state index contributed by atoms with van der Waals surface area (Å²) in [4.78, 5) is 21.3. The van der Waals surface area contributed by atoms with E-state index < -0.39 is 5.91 Å². The number of nitrogens with two attached hydrogens (primary N) is 1. The highest BCUT2D eigenvalue weighted by Gasteiger charge is 2.09. The van der Waals surface area contributed by atoms with Crippen LogP contribution < -0.4 is 5.73 Å². The number of rotatable bonds is 3. The fraction of sp³-hybridized carbons (Fsp3) is 0.333. The lowest BCUT2D eigenvalue weighted by molar-refractivity contribution is -0.118. The first-order valence-electron chi connectivity index (χ1n) is 3.29. The summed E-state index contributed by atoms with van der Waals surface area (Å²) < 4.78 is 1.17. The Labute approximate surface area is 68.3 Å². The maximum Gasteiger partial charge on any atom is 0.239 e. The van der Waals surface area contributed by atoms with Crippen molar-refractivity contribution < 1.29 is 9.59 Å². The normalized spacial score (nSPS) is 9.75. The Hall–Kier alpha value is -1.72. The lowest BCUT2D eigenvalue weighted by Crippen LogP contribution is -2.21. The SMILES string of the molecule is CC(=O)c1cnnn1CC(N)=O. The first kappa shape index (κ1) is 8.38. The predicted octanol–water partition coefficient (Wildman–Crippen LogP) is -1.03. The minimum absolute atomic E-state index is 0.116. The Morgan fingerprint density at radius 2 is 2.33 bits per heavy atom. The molecule has 6 heteroatoms. The molecule has 12 heavy (non-hydrogen) atoms. The number of carbonyl (C=O) groups is 2. The van der Waals surface area contributed by atoms with Gasteiger partial charge in [0, 0.05) is 6.92 Å². The van der Waals surface area contributed by atoms with Gasteiger partial charge in [0.15, 0.2) is 5.78 Å². The van der Waals surface area contributed by atoms with Crippen LogP contribution in [0.3, 0.4) is 0 Å². The van der Waals surface area contributed by atoms with Gasteiger partial charge in [-0.15, -0.1) is 5.10 Å². The Morgan fingerprint density at radius 1 is 1.67 bits per heavy atom. The minimum Gasteiger partial charge on any atom is -0.368 e. The summed E-state index contributed by atoms with van der Waals surface area (Å²) in [6.45, 7) is 1.26. The number of primary amides is 1. The van der Waals surface area contributed by atoms with Crippen LogP contribution in [0.15, 0.2) is 6.20 Å². The molecule has 1 rings (SSSR count). The lowest BCUT2D eigenvalue weighted by Gasteiger charge is -1.98. The van der Waals surface area contributed by atoms with Gasteiger partial charge in [-0.3, -0.25) is 9.59 Å². The highest BCUT2D eigenvalue weighted by molar-refractivity contribution is 5.92. The monoisotopic (exact) mass is 168 g/mol. The molecular weight excluding hydrogens is 160 g/mol. The highest BCUT2D eigenvalue weighted by Crippen LogP contribution is 1.96. The average Bonchev–Trinajstić information content (AvgIpc) is 2.33. The van der Waals surface area contributed by atoms with Gasteiger partial charge in [-0.1, -0.05) is 5.21 Å². The second kappa shape index (κ2) is 3.12. The molecule has 0 spiro atoms. The van der Waals surface area contributed by atoms with E-state index in [9.17, 15) is 9.59 Å². The quantitative estimate of drug-likeness (QED) is 0.584. The predicted molar refractivity (Wildman–Crippen MR) is 39.2 cm³/mol. The van der Waals surface area contributed by atoms with Crippen molar-refractivity contribution in [3.8, 4) is 0 Å².